The summed E-state index contributed by atoms with van der Waals surface area (Å²) in [4.78, 5) is 43.9. The largest absolute Gasteiger partial charge is 0.427 e. The van der Waals surface area contributed by atoms with Crippen molar-refractivity contribution in [1.82, 2.24) is 0 Å². The van der Waals surface area contributed by atoms with E-state index in [1.165, 1.54) is 0 Å². The summed E-state index contributed by atoms with van der Waals surface area (Å²) in [5.41, 5.74) is 0. The average molecular weight is 444 g/mol. The maximum absolute atomic E-state index is 11.0. The molecule has 0 spiro atoms. The van der Waals surface area contributed by atoms with Gasteiger partial charge in [-0.2, -0.15) is 0 Å². The first-order valence-electron chi connectivity index (χ1n) is 10.3. The fraction of sp³-hybridized carbons (Fsp3) is 0.333. The second-order valence-electron chi connectivity index (χ2n) is 6.25. The standard InChI is InChI=1S/2C12H14O4/c2*1-3-11(13)15-9-5-7-10(8-6-9)16-12(14)4-2/h2*5-8H,3-4H2,1-2H3. The van der Waals surface area contributed by atoms with Gasteiger partial charge in [-0.25, -0.2) is 0 Å². The number of hydrogen-bond acceptors (Lipinski definition) is 8. The number of esters is 4. The van der Waals surface area contributed by atoms with Crippen molar-refractivity contribution >= 4 is 23.9 Å². The number of carbonyl (C=O) groups excluding carboxylic acids is 4. The van der Waals surface area contributed by atoms with Gasteiger partial charge in [0.25, 0.3) is 0 Å². The highest BCUT2D eigenvalue weighted by molar-refractivity contribution is 5.74. The lowest BCUT2D eigenvalue weighted by Crippen LogP contribution is -2.06. The minimum absolute atomic E-state index is 0.293. The van der Waals surface area contributed by atoms with Gasteiger partial charge in [-0.1, -0.05) is 27.7 Å². The van der Waals surface area contributed by atoms with Gasteiger partial charge in [0.15, 0.2) is 0 Å². The summed E-state index contributed by atoms with van der Waals surface area (Å²) >= 11 is 0. The summed E-state index contributed by atoms with van der Waals surface area (Å²) < 4.78 is 19.9. The highest BCUT2D eigenvalue weighted by Crippen LogP contribution is 2.19. The van der Waals surface area contributed by atoms with Crippen LogP contribution < -0.4 is 18.9 Å². The number of ether oxygens (including phenoxy) is 4. The molecule has 0 N–H and O–H groups in total. The van der Waals surface area contributed by atoms with Gasteiger partial charge in [-0.3, -0.25) is 19.2 Å². The zero-order valence-electron chi connectivity index (χ0n) is 18.7. The molecule has 2 aromatic rings. The van der Waals surface area contributed by atoms with E-state index >= 15 is 0 Å². The van der Waals surface area contributed by atoms with E-state index in [-0.39, 0.29) is 23.9 Å². The zero-order valence-corrected chi connectivity index (χ0v) is 18.7. The minimum Gasteiger partial charge on any atom is -0.427 e. The second kappa shape index (κ2) is 14.3. The molecular formula is C24H28O8. The molecule has 0 saturated heterocycles. The maximum Gasteiger partial charge on any atom is 0.310 e. The second-order valence-corrected chi connectivity index (χ2v) is 6.25. The van der Waals surface area contributed by atoms with Crippen molar-refractivity contribution in [1.29, 1.82) is 0 Å². The Labute approximate surface area is 187 Å². The zero-order chi connectivity index (χ0) is 23.9. The Hall–Kier alpha value is -3.68. The number of carbonyl (C=O) groups is 4. The van der Waals surface area contributed by atoms with E-state index in [9.17, 15) is 19.2 Å². The number of benzene rings is 2. The van der Waals surface area contributed by atoms with E-state index < -0.39 is 0 Å². The summed E-state index contributed by atoms with van der Waals surface area (Å²) in [5.74, 6) is 0.616. The van der Waals surface area contributed by atoms with Crippen LogP contribution in [0.1, 0.15) is 53.4 Å². The lowest BCUT2D eigenvalue weighted by Gasteiger charge is -2.04. The molecule has 0 fully saturated rings. The van der Waals surface area contributed by atoms with Crippen molar-refractivity contribution in [3.8, 4) is 23.0 Å². The van der Waals surface area contributed by atoms with Crippen LogP contribution in [0.4, 0.5) is 0 Å². The first kappa shape index (κ1) is 26.4. The summed E-state index contributed by atoms with van der Waals surface area (Å²) in [6, 6.07) is 12.7. The molecule has 8 nitrogen and oxygen atoms in total. The SMILES string of the molecule is CCC(=O)Oc1ccc(OC(=O)CC)cc1.CCC(=O)Oc1ccc(OC(=O)CC)cc1. The average Bonchev–Trinajstić information content (AvgIpc) is 2.81. The van der Waals surface area contributed by atoms with Crippen molar-refractivity contribution in [2.45, 2.75) is 53.4 Å². The van der Waals surface area contributed by atoms with Crippen molar-refractivity contribution in [3.05, 3.63) is 48.5 Å². The molecule has 0 aliphatic rings. The summed E-state index contributed by atoms with van der Waals surface area (Å²) in [6.45, 7) is 6.89. The van der Waals surface area contributed by atoms with Crippen molar-refractivity contribution in [2.24, 2.45) is 0 Å². The first-order chi connectivity index (χ1) is 15.3. The number of rotatable bonds is 8. The molecule has 0 heterocycles. The predicted octanol–water partition coefficient (Wildman–Crippen LogP) is 4.63. The fourth-order valence-electron chi connectivity index (χ4n) is 1.97. The normalized spacial score (nSPS) is 9.62. The Morgan fingerprint density at radius 1 is 0.438 bits per heavy atom. The molecular weight excluding hydrogens is 416 g/mol. The molecule has 2 rings (SSSR count). The van der Waals surface area contributed by atoms with Gasteiger partial charge in [0.1, 0.15) is 23.0 Å². The van der Waals surface area contributed by atoms with Gasteiger partial charge < -0.3 is 18.9 Å². The van der Waals surface area contributed by atoms with Crippen LogP contribution in [0.2, 0.25) is 0 Å². The van der Waals surface area contributed by atoms with Crippen LogP contribution in [0, 0.1) is 0 Å². The minimum atomic E-state index is -0.293. The van der Waals surface area contributed by atoms with Gasteiger partial charge in [0.2, 0.25) is 0 Å². The highest BCUT2D eigenvalue weighted by atomic mass is 16.5. The lowest BCUT2D eigenvalue weighted by molar-refractivity contribution is -0.135. The molecule has 0 bridgehead atoms. The van der Waals surface area contributed by atoms with E-state index in [1.807, 2.05) is 0 Å². The predicted molar refractivity (Wildman–Crippen MR) is 117 cm³/mol. The molecule has 0 aliphatic carbocycles. The smallest absolute Gasteiger partial charge is 0.310 e. The maximum atomic E-state index is 11.0. The Morgan fingerprint density at radius 2 is 0.594 bits per heavy atom. The quantitative estimate of drug-likeness (QED) is 0.428. The molecule has 0 aromatic heterocycles. The molecule has 32 heavy (non-hydrogen) atoms. The van der Waals surface area contributed by atoms with Crippen molar-refractivity contribution < 1.29 is 38.1 Å². The molecule has 0 atom stereocenters. The van der Waals surface area contributed by atoms with E-state index in [0.29, 0.717) is 48.7 Å². The van der Waals surface area contributed by atoms with Crippen LogP contribution in [0.25, 0.3) is 0 Å². The Kier molecular flexibility index (Phi) is 11.8. The van der Waals surface area contributed by atoms with Gasteiger partial charge in [0.05, 0.1) is 0 Å². The molecule has 0 saturated carbocycles. The van der Waals surface area contributed by atoms with Crippen LogP contribution >= 0.6 is 0 Å². The molecule has 8 heteroatoms. The van der Waals surface area contributed by atoms with Crippen LogP contribution in [0.3, 0.4) is 0 Å². The Morgan fingerprint density at radius 3 is 0.719 bits per heavy atom. The third kappa shape index (κ3) is 10.4. The van der Waals surface area contributed by atoms with Crippen LogP contribution in [-0.4, -0.2) is 23.9 Å². The van der Waals surface area contributed by atoms with Crippen LogP contribution in [0.15, 0.2) is 48.5 Å². The lowest BCUT2D eigenvalue weighted by atomic mass is 10.3. The third-order valence-electron chi connectivity index (χ3n) is 3.73. The van der Waals surface area contributed by atoms with Gasteiger partial charge in [-0.05, 0) is 48.5 Å². The summed E-state index contributed by atoms with van der Waals surface area (Å²) in [7, 11) is 0. The first-order valence-corrected chi connectivity index (χ1v) is 10.3. The van der Waals surface area contributed by atoms with E-state index in [1.54, 1.807) is 76.2 Å². The molecule has 0 unspecified atom stereocenters. The summed E-state index contributed by atoms with van der Waals surface area (Å²) in [5, 5.41) is 0. The van der Waals surface area contributed by atoms with Gasteiger partial charge >= 0.3 is 23.9 Å². The van der Waals surface area contributed by atoms with E-state index in [2.05, 4.69) is 0 Å². The van der Waals surface area contributed by atoms with Gasteiger partial charge in [-0.15, -0.1) is 0 Å². The third-order valence-corrected chi connectivity index (χ3v) is 3.73. The molecule has 0 amide bonds. The monoisotopic (exact) mass is 444 g/mol. The Balaban J connectivity index is 0.000000320. The molecule has 0 radical (unpaired) electrons. The molecule has 2 aromatic carbocycles. The van der Waals surface area contributed by atoms with Crippen molar-refractivity contribution in [3.63, 3.8) is 0 Å². The van der Waals surface area contributed by atoms with E-state index in [0.717, 1.165) is 0 Å². The highest BCUT2D eigenvalue weighted by Gasteiger charge is 2.05. The number of hydrogen-bond donors (Lipinski definition) is 0. The topological polar surface area (TPSA) is 105 Å². The fourth-order valence-corrected chi connectivity index (χ4v) is 1.97. The van der Waals surface area contributed by atoms with E-state index in [4.69, 9.17) is 18.9 Å². The molecule has 172 valence electrons. The van der Waals surface area contributed by atoms with Crippen LogP contribution in [-0.2, 0) is 19.2 Å². The van der Waals surface area contributed by atoms with Crippen molar-refractivity contribution in [2.75, 3.05) is 0 Å². The molecule has 0 aliphatic heterocycles. The summed E-state index contributed by atoms with van der Waals surface area (Å²) in [6.07, 6.45) is 1.30. The van der Waals surface area contributed by atoms with Crippen LogP contribution in [0.5, 0.6) is 23.0 Å². The Bertz CT molecular complexity index is 736. The van der Waals surface area contributed by atoms with Gasteiger partial charge in [0, 0.05) is 25.7 Å².